The smallest absolute Gasteiger partial charge is 0.310 e. The van der Waals surface area contributed by atoms with E-state index in [1.54, 1.807) is 0 Å². The van der Waals surface area contributed by atoms with E-state index in [2.05, 4.69) is 5.32 Å². The number of nitrogens with one attached hydrogen (secondary N) is 1. The molecule has 0 saturated carbocycles. The second-order valence-corrected chi connectivity index (χ2v) is 5.41. The summed E-state index contributed by atoms with van der Waals surface area (Å²) >= 11 is 0. The summed E-state index contributed by atoms with van der Waals surface area (Å²) in [6.07, 6.45) is 3.25. The molecule has 0 bridgehead atoms. The van der Waals surface area contributed by atoms with E-state index in [-0.39, 0.29) is 12.5 Å². The first kappa shape index (κ1) is 16.4. The second-order valence-electron chi connectivity index (χ2n) is 5.41. The molecule has 0 spiro atoms. The summed E-state index contributed by atoms with van der Waals surface area (Å²) < 4.78 is 0. The summed E-state index contributed by atoms with van der Waals surface area (Å²) in [4.78, 5) is 25.2. The standard InChI is InChI=1S/C14H23N3O3/c1-2-5-14(13(19)20)6-3-9-17(11-14)10-12(18)16-8-4-7-15/h2-6,8-11H2,1H3,(H,16,18)(H,19,20). The molecule has 0 aromatic carbocycles. The summed E-state index contributed by atoms with van der Waals surface area (Å²) in [7, 11) is 0. The van der Waals surface area contributed by atoms with Crippen LogP contribution in [-0.2, 0) is 9.59 Å². The Bertz CT molecular complexity index is 388. The summed E-state index contributed by atoms with van der Waals surface area (Å²) in [5.74, 6) is -0.896. The summed E-state index contributed by atoms with van der Waals surface area (Å²) in [5.41, 5.74) is -0.708. The van der Waals surface area contributed by atoms with Crippen LogP contribution in [0.3, 0.4) is 0 Å². The fourth-order valence-corrected chi connectivity index (χ4v) is 2.84. The molecule has 1 rings (SSSR count). The van der Waals surface area contributed by atoms with Gasteiger partial charge in [-0.1, -0.05) is 13.3 Å². The Morgan fingerprint density at radius 2 is 2.25 bits per heavy atom. The van der Waals surface area contributed by atoms with Gasteiger partial charge in [-0.25, -0.2) is 0 Å². The van der Waals surface area contributed by atoms with Gasteiger partial charge in [0.25, 0.3) is 0 Å². The topological polar surface area (TPSA) is 93.4 Å². The van der Waals surface area contributed by atoms with Crippen molar-refractivity contribution in [2.24, 2.45) is 5.41 Å². The molecular formula is C14H23N3O3. The lowest BCUT2D eigenvalue weighted by Crippen LogP contribution is -2.50. The number of hydrogen-bond donors (Lipinski definition) is 2. The van der Waals surface area contributed by atoms with E-state index in [4.69, 9.17) is 5.26 Å². The molecule has 6 nitrogen and oxygen atoms in total. The Morgan fingerprint density at radius 3 is 2.85 bits per heavy atom. The molecule has 0 radical (unpaired) electrons. The molecule has 112 valence electrons. The maximum absolute atomic E-state index is 11.7. The minimum atomic E-state index is -0.756. The molecule has 0 aromatic heterocycles. The van der Waals surface area contributed by atoms with Crippen LogP contribution in [0.1, 0.15) is 39.0 Å². The van der Waals surface area contributed by atoms with Crippen molar-refractivity contribution >= 4 is 11.9 Å². The Kier molecular flexibility index (Phi) is 6.46. The monoisotopic (exact) mass is 281 g/mol. The molecular weight excluding hydrogens is 258 g/mol. The maximum atomic E-state index is 11.7. The first-order chi connectivity index (χ1) is 9.54. The number of carbonyl (C=O) groups excluding carboxylic acids is 1. The number of rotatable bonds is 7. The fourth-order valence-electron chi connectivity index (χ4n) is 2.84. The second kappa shape index (κ2) is 7.85. The number of nitriles is 1. The average molecular weight is 281 g/mol. The van der Waals surface area contributed by atoms with Crippen LogP contribution in [0.2, 0.25) is 0 Å². The van der Waals surface area contributed by atoms with Gasteiger partial charge in [-0.15, -0.1) is 0 Å². The van der Waals surface area contributed by atoms with Crippen LogP contribution in [0.4, 0.5) is 0 Å². The van der Waals surface area contributed by atoms with Crippen LogP contribution in [0.15, 0.2) is 0 Å². The van der Waals surface area contributed by atoms with Gasteiger partial charge in [-0.05, 0) is 25.8 Å². The molecule has 1 aliphatic rings. The minimum Gasteiger partial charge on any atom is -0.481 e. The summed E-state index contributed by atoms with van der Waals surface area (Å²) in [5, 5.41) is 20.6. The summed E-state index contributed by atoms with van der Waals surface area (Å²) in [6, 6.07) is 1.97. The molecule has 6 heteroatoms. The number of nitrogens with zero attached hydrogens (tertiary/aromatic N) is 2. The van der Waals surface area contributed by atoms with E-state index in [1.165, 1.54) is 0 Å². The first-order valence-corrected chi connectivity index (χ1v) is 7.13. The number of piperidine rings is 1. The Hall–Kier alpha value is -1.61. The van der Waals surface area contributed by atoms with Crippen molar-refractivity contribution in [2.45, 2.75) is 39.0 Å². The third-order valence-electron chi connectivity index (χ3n) is 3.76. The number of hydrogen-bond acceptors (Lipinski definition) is 4. The number of carboxylic acid groups (broad SMARTS) is 1. The number of carboxylic acids is 1. The van der Waals surface area contributed by atoms with Crippen LogP contribution >= 0.6 is 0 Å². The maximum Gasteiger partial charge on any atom is 0.310 e. The van der Waals surface area contributed by atoms with E-state index < -0.39 is 11.4 Å². The highest BCUT2D eigenvalue weighted by Gasteiger charge is 2.41. The molecule has 1 aliphatic heterocycles. The van der Waals surface area contributed by atoms with E-state index in [0.29, 0.717) is 32.4 Å². The molecule has 1 amide bonds. The highest BCUT2D eigenvalue weighted by molar-refractivity contribution is 5.78. The quantitative estimate of drug-likeness (QED) is 0.679. The number of carbonyl (C=O) groups is 2. The van der Waals surface area contributed by atoms with Crippen molar-refractivity contribution in [3.63, 3.8) is 0 Å². The molecule has 0 aromatic rings. The zero-order valence-corrected chi connectivity index (χ0v) is 12.0. The van der Waals surface area contributed by atoms with Gasteiger partial charge >= 0.3 is 5.97 Å². The van der Waals surface area contributed by atoms with Crippen molar-refractivity contribution in [1.29, 1.82) is 5.26 Å². The first-order valence-electron chi connectivity index (χ1n) is 7.13. The van der Waals surface area contributed by atoms with Crippen LogP contribution in [0.25, 0.3) is 0 Å². The Morgan fingerprint density at radius 1 is 1.50 bits per heavy atom. The largest absolute Gasteiger partial charge is 0.481 e. The summed E-state index contributed by atoms with van der Waals surface area (Å²) in [6.45, 7) is 3.73. The molecule has 1 saturated heterocycles. The van der Waals surface area contributed by atoms with Gasteiger partial charge < -0.3 is 10.4 Å². The predicted molar refractivity (Wildman–Crippen MR) is 73.9 cm³/mol. The molecule has 1 atom stereocenters. The highest BCUT2D eigenvalue weighted by atomic mass is 16.4. The van der Waals surface area contributed by atoms with Crippen LogP contribution in [-0.4, -0.2) is 48.1 Å². The zero-order chi connectivity index (χ0) is 15.0. The highest BCUT2D eigenvalue weighted by Crippen LogP contribution is 2.34. The lowest BCUT2D eigenvalue weighted by Gasteiger charge is -2.39. The van der Waals surface area contributed by atoms with E-state index in [0.717, 1.165) is 19.4 Å². The number of amides is 1. The van der Waals surface area contributed by atoms with Gasteiger partial charge in [-0.3, -0.25) is 14.5 Å². The van der Waals surface area contributed by atoms with Crippen molar-refractivity contribution < 1.29 is 14.7 Å². The molecule has 1 fully saturated rings. The van der Waals surface area contributed by atoms with Crippen molar-refractivity contribution in [3.8, 4) is 6.07 Å². The van der Waals surface area contributed by atoms with Crippen molar-refractivity contribution in [1.82, 2.24) is 10.2 Å². The molecule has 20 heavy (non-hydrogen) atoms. The lowest BCUT2D eigenvalue weighted by molar-refractivity contribution is -0.154. The fraction of sp³-hybridized carbons (Fsp3) is 0.786. The predicted octanol–water partition coefficient (Wildman–Crippen LogP) is 0.983. The minimum absolute atomic E-state index is 0.141. The van der Waals surface area contributed by atoms with Crippen LogP contribution < -0.4 is 5.32 Å². The van der Waals surface area contributed by atoms with Crippen molar-refractivity contribution in [2.75, 3.05) is 26.2 Å². The molecule has 2 N–H and O–H groups in total. The van der Waals surface area contributed by atoms with Crippen LogP contribution in [0, 0.1) is 16.7 Å². The molecule has 1 heterocycles. The lowest BCUT2D eigenvalue weighted by atomic mass is 9.76. The van der Waals surface area contributed by atoms with Crippen molar-refractivity contribution in [3.05, 3.63) is 0 Å². The van der Waals surface area contributed by atoms with E-state index in [1.807, 2.05) is 17.9 Å². The third-order valence-corrected chi connectivity index (χ3v) is 3.76. The molecule has 1 unspecified atom stereocenters. The Balaban J connectivity index is 2.53. The van der Waals surface area contributed by atoms with Crippen LogP contribution in [0.5, 0.6) is 0 Å². The third kappa shape index (κ3) is 4.49. The average Bonchev–Trinajstić information content (AvgIpc) is 2.39. The van der Waals surface area contributed by atoms with Gasteiger partial charge in [0.05, 0.1) is 24.4 Å². The SMILES string of the molecule is CCCC1(C(=O)O)CCCN(CC(=O)NCCC#N)C1. The van der Waals surface area contributed by atoms with Gasteiger partial charge in [0, 0.05) is 13.1 Å². The number of likely N-dealkylation sites (tertiary alicyclic amines) is 1. The zero-order valence-electron chi connectivity index (χ0n) is 12.0. The van der Waals surface area contributed by atoms with Gasteiger partial charge in [0.15, 0.2) is 0 Å². The normalized spacial score (nSPS) is 23.0. The van der Waals surface area contributed by atoms with Gasteiger partial charge in [0.1, 0.15) is 0 Å². The van der Waals surface area contributed by atoms with E-state index >= 15 is 0 Å². The number of aliphatic carboxylic acids is 1. The Labute approximate surface area is 119 Å². The van der Waals surface area contributed by atoms with E-state index in [9.17, 15) is 14.7 Å². The molecule has 0 aliphatic carbocycles. The van der Waals surface area contributed by atoms with Gasteiger partial charge in [-0.2, -0.15) is 5.26 Å². The van der Waals surface area contributed by atoms with Gasteiger partial charge in [0.2, 0.25) is 5.91 Å².